The maximum absolute atomic E-state index is 13.9. The van der Waals surface area contributed by atoms with Crippen molar-refractivity contribution in [2.45, 2.75) is 16.3 Å². The highest BCUT2D eigenvalue weighted by Crippen LogP contribution is 2.51. The minimum atomic E-state index is -4.32. The number of aliphatic carboxylic acids is 1. The van der Waals surface area contributed by atoms with E-state index in [2.05, 4.69) is 0 Å². The van der Waals surface area contributed by atoms with Gasteiger partial charge in [-0.15, -0.1) is 0 Å². The lowest BCUT2D eigenvalue weighted by molar-refractivity contribution is -0.133. The molecule has 7 rings (SSSR count). The number of thioether (sulfide) groups is 1. The number of ether oxygens (including phenoxy) is 6. The molecule has 0 unspecified atom stereocenters. The van der Waals surface area contributed by atoms with Crippen LogP contribution in [0, 0.1) is 0 Å². The van der Waals surface area contributed by atoms with Crippen LogP contribution in [-0.2, 0) is 21.4 Å². The van der Waals surface area contributed by atoms with Gasteiger partial charge in [0.2, 0.25) is 20.4 Å². The number of fused-ring (bicyclic) bond motifs is 4. The Labute approximate surface area is 220 Å². The molecule has 3 aromatic carbocycles. The lowest BCUT2D eigenvalue weighted by Crippen LogP contribution is -2.37. The molecule has 4 aliphatic heterocycles. The summed E-state index contributed by atoms with van der Waals surface area (Å²) in [7, 11) is -4.32. The average molecular weight is 556 g/mol. The third-order valence-electron chi connectivity index (χ3n) is 6.28. The van der Waals surface area contributed by atoms with Gasteiger partial charge in [-0.2, -0.15) is 0 Å². The Balaban J connectivity index is 1.40. The molecule has 194 valence electrons. The Kier molecular flexibility index (Phi) is 5.07. The molecular formula is C25H17NO10S2. The first kappa shape index (κ1) is 22.9. The van der Waals surface area contributed by atoms with Gasteiger partial charge in [-0.05, 0) is 42.0 Å². The van der Waals surface area contributed by atoms with Crippen LogP contribution in [0.1, 0.15) is 11.1 Å². The summed E-state index contributed by atoms with van der Waals surface area (Å²) in [6.07, 6.45) is 0. The summed E-state index contributed by atoms with van der Waals surface area (Å²) in [4.78, 5) is 13.5. The molecule has 3 aromatic rings. The Morgan fingerprint density at radius 2 is 1.37 bits per heavy atom. The number of carboxylic acids is 1. The van der Waals surface area contributed by atoms with Crippen LogP contribution < -0.4 is 28.4 Å². The van der Waals surface area contributed by atoms with Gasteiger partial charge in [-0.25, -0.2) is 13.2 Å². The Bertz CT molecular complexity index is 1670. The van der Waals surface area contributed by atoms with E-state index in [1.54, 1.807) is 36.4 Å². The molecule has 38 heavy (non-hydrogen) atoms. The van der Waals surface area contributed by atoms with E-state index >= 15 is 0 Å². The van der Waals surface area contributed by atoms with Crippen LogP contribution >= 0.6 is 11.8 Å². The number of hydrogen-bond donors (Lipinski definition) is 1. The summed E-state index contributed by atoms with van der Waals surface area (Å²) in [5.74, 6) is 1.26. The van der Waals surface area contributed by atoms with Crippen LogP contribution in [0.4, 0.5) is 0 Å². The Morgan fingerprint density at radius 3 is 2.05 bits per heavy atom. The first-order chi connectivity index (χ1) is 18.4. The van der Waals surface area contributed by atoms with E-state index in [4.69, 9.17) is 28.4 Å². The zero-order chi connectivity index (χ0) is 26.0. The molecule has 4 heterocycles. The van der Waals surface area contributed by atoms with Crippen molar-refractivity contribution >= 4 is 32.7 Å². The number of carboxylic acid groups (broad SMARTS) is 1. The molecule has 1 N–H and O–H groups in total. The molecule has 0 aliphatic carbocycles. The number of benzene rings is 3. The van der Waals surface area contributed by atoms with Gasteiger partial charge < -0.3 is 33.5 Å². The molecule has 0 amide bonds. The van der Waals surface area contributed by atoms with Gasteiger partial charge in [0, 0.05) is 16.5 Å². The second kappa shape index (κ2) is 8.39. The standard InChI is InChI=1S/C25H17NO10S2/c27-25(28)23-24(37-14-2-4-17-19(6-14)34-11-32-17)15-7-20-21(36-12-35-20)8-22(15)38(29,30)26(23)9-13-1-3-16-18(5-13)33-10-31-16/h1-8H,9-12H2,(H,27,28). The van der Waals surface area contributed by atoms with E-state index < -0.39 is 21.7 Å². The maximum Gasteiger partial charge on any atom is 0.354 e. The summed E-state index contributed by atoms with van der Waals surface area (Å²) in [6, 6.07) is 13.0. The zero-order valence-corrected chi connectivity index (χ0v) is 21.0. The van der Waals surface area contributed by atoms with Crippen LogP contribution in [0.2, 0.25) is 0 Å². The highest BCUT2D eigenvalue weighted by molar-refractivity contribution is 8.08. The maximum atomic E-state index is 13.9. The largest absolute Gasteiger partial charge is 0.477 e. The fraction of sp³-hybridized carbons (Fsp3) is 0.160. The van der Waals surface area contributed by atoms with Crippen molar-refractivity contribution in [2.24, 2.45) is 0 Å². The van der Waals surface area contributed by atoms with Crippen LogP contribution in [0.5, 0.6) is 34.5 Å². The molecule has 0 spiro atoms. The minimum absolute atomic E-state index is 0.0535. The first-order valence-electron chi connectivity index (χ1n) is 11.3. The number of hydrogen-bond acceptors (Lipinski definition) is 10. The van der Waals surface area contributed by atoms with E-state index in [0.29, 0.717) is 39.2 Å². The summed E-state index contributed by atoms with van der Waals surface area (Å²) in [5, 5.41) is 10.4. The average Bonchev–Trinajstić information content (AvgIpc) is 3.65. The highest BCUT2D eigenvalue weighted by Gasteiger charge is 2.42. The van der Waals surface area contributed by atoms with Gasteiger partial charge in [0.05, 0.1) is 16.3 Å². The molecule has 0 fully saturated rings. The molecular weight excluding hydrogens is 538 g/mol. The highest BCUT2D eigenvalue weighted by atomic mass is 32.2. The smallest absolute Gasteiger partial charge is 0.354 e. The van der Waals surface area contributed by atoms with Crippen LogP contribution in [0.15, 0.2) is 64.0 Å². The van der Waals surface area contributed by atoms with E-state index in [-0.39, 0.29) is 48.0 Å². The second-order valence-electron chi connectivity index (χ2n) is 8.50. The molecule has 0 atom stereocenters. The summed E-state index contributed by atoms with van der Waals surface area (Å²) in [5.41, 5.74) is 0.334. The zero-order valence-electron chi connectivity index (χ0n) is 19.3. The SMILES string of the molecule is O=C(O)C1=C(Sc2ccc3c(c2)OCO3)c2cc3c(cc2S(=O)(=O)N1Cc1ccc2c(c1)OCO2)OCO3. The van der Waals surface area contributed by atoms with Gasteiger partial charge in [-0.1, -0.05) is 17.8 Å². The molecule has 0 aromatic heterocycles. The number of carbonyl (C=O) groups is 1. The monoisotopic (exact) mass is 555 g/mol. The number of rotatable bonds is 5. The first-order valence-corrected chi connectivity index (χ1v) is 13.5. The predicted octanol–water partition coefficient (Wildman–Crippen LogP) is 3.62. The molecule has 11 nitrogen and oxygen atoms in total. The fourth-order valence-electron chi connectivity index (χ4n) is 4.53. The quantitative estimate of drug-likeness (QED) is 0.495. The van der Waals surface area contributed by atoms with Crippen molar-refractivity contribution in [3.63, 3.8) is 0 Å². The van der Waals surface area contributed by atoms with Crippen molar-refractivity contribution in [1.29, 1.82) is 0 Å². The summed E-state index contributed by atoms with van der Waals surface area (Å²) < 4.78 is 61.3. The molecule has 0 radical (unpaired) electrons. The fourth-order valence-corrected chi connectivity index (χ4v) is 7.42. The lowest BCUT2D eigenvalue weighted by Gasteiger charge is -2.32. The van der Waals surface area contributed by atoms with Crippen LogP contribution in [-0.4, -0.2) is 44.2 Å². The van der Waals surface area contributed by atoms with Gasteiger partial charge in [0.15, 0.2) is 40.2 Å². The number of nitrogens with zero attached hydrogens (tertiary/aromatic N) is 1. The molecule has 4 aliphatic rings. The van der Waals surface area contributed by atoms with E-state index in [9.17, 15) is 18.3 Å². The summed E-state index contributed by atoms with van der Waals surface area (Å²) >= 11 is 1.11. The summed E-state index contributed by atoms with van der Waals surface area (Å²) in [6.45, 7) is -0.183. The Morgan fingerprint density at radius 1 is 0.789 bits per heavy atom. The van der Waals surface area contributed by atoms with E-state index in [0.717, 1.165) is 16.1 Å². The van der Waals surface area contributed by atoms with Crippen LogP contribution in [0.3, 0.4) is 0 Å². The Hall–Kier alpha value is -4.23. The van der Waals surface area contributed by atoms with Gasteiger partial charge in [0.25, 0.3) is 10.0 Å². The minimum Gasteiger partial charge on any atom is -0.477 e. The van der Waals surface area contributed by atoms with Crippen molar-refractivity contribution in [3.8, 4) is 34.5 Å². The molecule has 0 bridgehead atoms. The van der Waals surface area contributed by atoms with Gasteiger partial charge in [0.1, 0.15) is 0 Å². The van der Waals surface area contributed by atoms with Gasteiger partial charge >= 0.3 is 5.97 Å². The predicted molar refractivity (Wildman–Crippen MR) is 131 cm³/mol. The van der Waals surface area contributed by atoms with Crippen molar-refractivity contribution in [3.05, 3.63) is 65.4 Å². The van der Waals surface area contributed by atoms with E-state index in [1.807, 2.05) is 0 Å². The van der Waals surface area contributed by atoms with Crippen LogP contribution in [0.25, 0.3) is 4.91 Å². The third-order valence-corrected chi connectivity index (χ3v) is 9.17. The molecule has 0 saturated carbocycles. The molecule has 13 heteroatoms. The second-order valence-corrected chi connectivity index (χ2v) is 11.4. The lowest BCUT2D eigenvalue weighted by atomic mass is 10.1. The van der Waals surface area contributed by atoms with Crippen molar-refractivity contribution in [1.82, 2.24) is 4.31 Å². The van der Waals surface area contributed by atoms with Crippen molar-refractivity contribution in [2.75, 3.05) is 20.4 Å². The van der Waals surface area contributed by atoms with Gasteiger partial charge in [-0.3, -0.25) is 4.31 Å². The number of sulfonamides is 1. The van der Waals surface area contributed by atoms with Crippen molar-refractivity contribution < 1.29 is 46.7 Å². The van der Waals surface area contributed by atoms with E-state index in [1.165, 1.54) is 12.1 Å². The normalized spacial score (nSPS) is 17.5. The molecule has 0 saturated heterocycles. The third kappa shape index (κ3) is 3.57. The topological polar surface area (TPSA) is 130 Å².